The molecule has 96 valence electrons. The average molecular weight is 238 g/mol. The molecule has 0 radical (unpaired) electrons. The number of rotatable bonds is 4. The van der Waals surface area contributed by atoms with E-state index in [4.69, 9.17) is 0 Å². The molecular weight excluding hydrogens is 217 g/mol. The summed E-state index contributed by atoms with van der Waals surface area (Å²) >= 11 is 0. The fraction of sp³-hybridized carbons (Fsp3) is 1.00. The van der Waals surface area contributed by atoms with Crippen molar-refractivity contribution in [1.29, 1.82) is 0 Å². The molecule has 0 aliphatic heterocycles. The molecule has 1 fully saturated rings. The molecule has 1 N–H and O–H groups in total. The van der Waals surface area contributed by atoms with E-state index < -0.39 is 18.7 Å². The van der Waals surface area contributed by atoms with E-state index in [9.17, 15) is 18.3 Å². The Hall–Kier alpha value is -0.250. The van der Waals surface area contributed by atoms with Crippen LogP contribution in [0.25, 0.3) is 0 Å². The van der Waals surface area contributed by atoms with Crippen LogP contribution in [0, 0.1) is 11.8 Å². The Morgan fingerprint density at radius 2 is 2.00 bits per heavy atom. The molecular formula is C12H21F3O. The van der Waals surface area contributed by atoms with Crippen molar-refractivity contribution in [3.63, 3.8) is 0 Å². The van der Waals surface area contributed by atoms with Gasteiger partial charge in [-0.25, -0.2) is 0 Å². The van der Waals surface area contributed by atoms with E-state index in [-0.39, 0.29) is 12.3 Å². The zero-order valence-electron chi connectivity index (χ0n) is 9.76. The van der Waals surface area contributed by atoms with Crippen molar-refractivity contribution in [2.24, 2.45) is 11.8 Å². The molecule has 0 heterocycles. The third kappa shape index (κ3) is 4.73. The maximum Gasteiger partial charge on any atom is 0.389 e. The minimum absolute atomic E-state index is 0.0843. The summed E-state index contributed by atoms with van der Waals surface area (Å²) in [5, 5.41) is 9.75. The maximum atomic E-state index is 12.0. The lowest BCUT2D eigenvalue weighted by Crippen LogP contribution is -2.28. The molecule has 1 aliphatic rings. The van der Waals surface area contributed by atoms with E-state index in [1.165, 1.54) is 6.42 Å². The zero-order valence-corrected chi connectivity index (χ0v) is 9.76. The molecule has 4 heteroatoms. The number of alkyl halides is 3. The van der Waals surface area contributed by atoms with Crippen LogP contribution in [-0.4, -0.2) is 17.4 Å². The van der Waals surface area contributed by atoms with Gasteiger partial charge in [-0.05, 0) is 31.1 Å². The van der Waals surface area contributed by atoms with Crippen molar-refractivity contribution in [2.45, 2.75) is 64.1 Å². The Balaban J connectivity index is 2.32. The van der Waals surface area contributed by atoms with Crippen LogP contribution >= 0.6 is 0 Å². The Bertz CT molecular complexity index is 203. The van der Waals surface area contributed by atoms with Crippen LogP contribution in [0.4, 0.5) is 13.2 Å². The highest BCUT2D eigenvalue weighted by molar-refractivity contribution is 4.78. The molecule has 1 nitrogen and oxygen atoms in total. The summed E-state index contributed by atoms with van der Waals surface area (Å²) in [6, 6.07) is 0. The maximum absolute atomic E-state index is 12.0. The van der Waals surface area contributed by atoms with E-state index in [0.717, 1.165) is 25.7 Å². The molecule has 0 bridgehead atoms. The number of hydrogen-bond acceptors (Lipinski definition) is 1. The number of halogens is 3. The molecule has 3 atom stereocenters. The lowest BCUT2D eigenvalue weighted by atomic mass is 9.77. The third-order valence-electron chi connectivity index (χ3n) is 3.67. The number of aliphatic hydroxyl groups is 1. The van der Waals surface area contributed by atoms with Gasteiger partial charge in [-0.2, -0.15) is 13.2 Å². The van der Waals surface area contributed by atoms with Gasteiger partial charge in [0.25, 0.3) is 0 Å². The Morgan fingerprint density at radius 3 is 2.56 bits per heavy atom. The first kappa shape index (κ1) is 13.8. The van der Waals surface area contributed by atoms with E-state index >= 15 is 0 Å². The van der Waals surface area contributed by atoms with Crippen molar-refractivity contribution < 1.29 is 18.3 Å². The second kappa shape index (κ2) is 5.89. The van der Waals surface area contributed by atoms with Gasteiger partial charge in [0, 0.05) is 6.42 Å². The molecule has 0 saturated heterocycles. The highest BCUT2D eigenvalue weighted by Gasteiger charge is 2.32. The lowest BCUT2D eigenvalue weighted by molar-refractivity contribution is -0.142. The van der Waals surface area contributed by atoms with E-state index in [0.29, 0.717) is 5.92 Å². The van der Waals surface area contributed by atoms with Gasteiger partial charge in [0.1, 0.15) is 0 Å². The standard InChI is InChI=1S/C12H21F3O/c1-2-9-4-3-5-10(8-9)11(16)6-7-12(13,14)15/h9-11,16H,2-8H2,1H3. The molecule has 16 heavy (non-hydrogen) atoms. The monoisotopic (exact) mass is 238 g/mol. The van der Waals surface area contributed by atoms with Crippen LogP contribution in [0.1, 0.15) is 51.9 Å². The van der Waals surface area contributed by atoms with Gasteiger partial charge in [0.05, 0.1) is 6.10 Å². The van der Waals surface area contributed by atoms with Crippen LogP contribution in [0.2, 0.25) is 0 Å². The first-order valence-corrected chi connectivity index (χ1v) is 6.17. The minimum atomic E-state index is -4.14. The molecule has 0 amide bonds. The van der Waals surface area contributed by atoms with Gasteiger partial charge < -0.3 is 5.11 Å². The van der Waals surface area contributed by atoms with E-state index in [2.05, 4.69) is 6.92 Å². The van der Waals surface area contributed by atoms with E-state index in [1.807, 2.05) is 0 Å². The van der Waals surface area contributed by atoms with E-state index in [1.54, 1.807) is 0 Å². The van der Waals surface area contributed by atoms with Crippen LogP contribution < -0.4 is 0 Å². The molecule has 1 aliphatic carbocycles. The quantitative estimate of drug-likeness (QED) is 0.787. The smallest absolute Gasteiger partial charge is 0.389 e. The average Bonchev–Trinajstić information content (AvgIpc) is 2.25. The van der Waals surface area contributed by atoms with Gasteiger partial charge in [0.2, 0.25) is 0 Å². The molecule has 0 aromatic heterocycles. The highest BCUT2D eigenvalue weighted by atomic mass is 19.4. The summed E-state index contributed by atoms with van der Waals surface area (Å²) in [4.78, 5) is 0. The first-order chi connectivity index (χ1) is 7.42. The van der Waals surface area contributed by atoms with Crippen LogP contribution in [-0.2, 0) is 0 Å². The van der Waals surface area contributed by atoms with Crippen molar-refractivity contribution >= 4 is 0 Å². The summed E-state index contributed by atoms with van der Waals surface area (Å²) in [7, 11) is 0. The predicted octanol–water partition coefficient (Wildman–Crippen LogP) is 3.91. The van der Waals surface area contributed by atoms with Crippen LogP contribution in [0.15, 0.2) is 0 Å². The van der Waals surface area contributed by atoms with Crippen LogP contribution in [0.3, 0.4) is 0 Å². The summed E-state index contributed by atoms with van der Waals surface area (Å²) < 4.78 is 36.0. The fourth-order valence-electron chi connectivity index (χ4n) is 2.60. The summed E-state index contributed by atoms with van der Waals surface area (Å²) in [5.74, 6) is 0.681. The normalized spacial score (nSPS) is 29.1. The molecule has 1 rings (SSSR count). The fourth-order valence-corrected chi connectivity index (χ4v) is 2.60. The molecule has 0 spiro atoms. The molecule has 1 saturated carbocycles. The Kier molecular flexibility index (Phi) is 5.09. The second-order valence-electron chi connectivity index (χ2n) is 4.92. The first-order valence-electron chi connectivity index (χ1n) is 6.17. The number of aliphatic hydroxyl groups excluding tert-OH is 1. The zero-order chi connectivity index (χ0) is 12.2. The highest BCUT2D eigenvalue weighted by Crippen LogP contribution is 2.35. The van der Waals surface area contributed by atoms with Crippen molar-refractivity contribution in [3.8, 4) is 0 Å². The third-order valence-corrected chi connectivity index (χ3v) is 3.67. The van der Waals surface area contributed by atoms with Crippen molar-refractivity contribution in [3.05, 3.63) is 0 Å². The van der Waals surface area contributed by atoms with Gasteiger partial charge in [-0.3, -0.25) is 0 Å². The summed E-state index contributed by atoms with van der Waals surface area (Å²) in [6.07, 6.45) is -0.832. The summed E-state index contributed by atoms with van der Waals surface area (Å²) in [6.45, 7) is 2.11. The predicted molar refractivity (Wildman–Crippen MR) is 57.0 cm³/mol. The van der Waals surface area contributed by atoms with Crippen molar-refractivity contribution in [1.82, 2.24) is 0 Å². The van der Waals surface area contributed by atoms with Gasteiger partial charge in [0.15, 0.2) is 0 Å². The Labute approximate surface area is 95.0 Å². The van der Waals surface area contributed by atoms with Gasteiger partial charge in [-0.1, -0.05) is 26.2 Å². The Morgan fingerprint density at radius 1 is 1.31 bits per heavy atom. The number of hydrogen-bond donors (Lipinski definition) is 1. The SMILES string of the molecule is CCC1CCCC(C(O)CCC(F)(F)F)C1. The second-order valence-corrected chi connectivity index (χ2v) is 4.92. The largest absolute Gasteiger partial charge is 0.393 e. The minimum Gasteiger partial charge on any atom is -0.393 e. The topological polar surface area (TPSA) is 20.2 Å². The van der Waals surface area contributed by atoms with Crippen molar-refractivity contribution in [2.75, 3.05) is 0 Å². The molecule has 3 unspecified atom stereocenters. The van der Waals surface area contributed by atoms with Gasteiger partial charge >= 0.3 is 6.18 Å². The van der Waals surface area contributed by atoms with Crippen LogP contribution in [0.5, 0.6) is 0 Å². The molecule has 0 aromatic rings. The molecule has 0 aromatic carbocycles. The van der Waals surface area contributed by atoms with Gasteiger partial charge in [-0.15, -0.1) is 0 Å². The summed E-state index contributed by atoms with van der Waals surface area (Å²) in [5.41, 5.74) is 0. The lowest BCUT2D eigenvalue weighted by Gasteiger charge is -2.31.